The van der Waals surface area contributed by atoms with E-state index in [2.05, 4.69) is 198 Å². The molecule has 0 N–H and O–H groups in total. The highest BCUT2D eigenvalue weighted by Gasteiger charge is 2.48. The van der Waals surface area contributed by atoms with Crippen LogP contribution in [-0.4, -0.2) is 6.71 Å². The van der Waals surface area contributed by atoms with Crippen molar-refractivity contribution < 1.29 is 4.42 Å². The number of aryl methyl sites for hydroxylation is 1. The number of hydrogen-bond acceptors (Lipinski definition) is 3. The van der Waals surface area contributed by atoms with E-state index in [4.69, 9.17) is 4.42 Å². The molecule has 56 heavy (non-hydrogen) atoms. The number of hydrogen-bond donors (Lipinski definition) is 0. The third-order valence-electron chi connectivity index (χ3n) is 13.1. The Balaban J connectivity index is 1.39. The zero-order chi connectivity index (χ0) is 40.1. The predicted octanol–water partition coefficient (Wildman–Crippen LogP) is 12.7. The summed E-state index contributed by atoms with van der Waals surface area (Å²) in [5.41, 5.74) is 20.1. The van der Waals surface area contributed by atoms with Gasteiger partial charge in [0.25, 0.3) is 6.71 Å². The van der Waals surface area contributed by atoms with Crippen LogP contribution >= 0.6 is 0 Å². The third kappa shape index (κ3) is 5.52. The van der Waals surface area contributed by atoms with Gasteiger partial charge in [0, 0.05) is 33.8 Å². The van der Waals surface area contributed by atoms with Crippen LogP contribution in [0.15, 0.2) is 95.4 Å². The zero-order valence-corrected chi connectivity index (χ0v) is 36.2. The lowest BCUT2D eigenvalue weighted by molar-refractivity contribution is 0.403. The lowest BCUT2D eigenvalue weighted by atomic mass is 9.35. The zero-order valence-electron chi connectivity index (χ0n) is 36.2. The van der Waals surface area contributed by atoms with Crippen LogP contribution in [0.1, 0.15) is 130 Å². The van der Waals surface area contributed by atoms with Crippen molar-refractivity contribution in [1.29, 1.82) is 0 Å². The number of rotatable bonds is 2. The van der Waals surface area contributed by atoms with Crippen LogP contribution in [0.3, 0.4) is 0 Å². The summed E-state index contributed by atoms with van der Waals surface area (Å²) in [6.07, 6.45) is 1.13. The second-order valence-electron chi connectivity index (χ2n) is 21.6. The summed E-state index contributed by atoms with van der Waals surface area (Å²) in [7, 11) is 0. The van der Waals surface area contributed by atoms with Crippen LogP contribution in [0.4, 0.5) is 34.1 Å². The summed E-state index contributed by atoms with van der Waals surface area (Å²) in [6, 6.07) is 35.5. The lowest BCUT2D eigenvalue weighted by Crippen LogP contribution is -2.61. The molecule has 4 heteroatoms. The fraction of sp³-hybridized carbons (Fsp3) is 0.385. The second-order valence-corrected chi connectivity index (χ2v) is 21.6. The molecule has 0 spiro atoms. The van der Waals surface area contributed by atoms with E-state index in [0.717, 1.165) is 23.0 Å². The molecular weight excluding hydrogens is 679 g/mol. The smallest absolute Gasteiger partial charge is 0.297 e. The summed E-state index contributed by atoms with van der Waals surface area (Å²) in [5.74, 6) is 0. The van der Waals surface area contributed by atoms with E-state index in [1.807, 2.05) is 0 Å². The van der Waals surface area contributed by atoms with E-state index in [-0.39, 0.29) is 33.8 Å². The van der Waals surface area contributed by atoms with Crippen molar-refractivity contribution >= 4 is 68.4 Å². The molecule has 0 amide bonds. The Morgan fingerprint density at radius 3 is 1.75 bits per heavy atom. The van der Waals surface area contributed by atoms with Crippen molar-refractivity contribution in [3.05, 3.63) is 124 Å². The number of furan rings is 1. The summed E-state index contributed by atoms with van der Waals surface area (Å²) in [6.45, 7) is 32.5. The van der Waals surface area contributed by atoms with Gasteiger partial charge in [0.05, 0.1) is 11.3 Å². The fourth-order valence-electron chi connectivity index (χ4n) is 10.3. The molecule has 0 saturated heterocycles. The average Bonchev–Trinajstić information content (AvgIpc) is 3.56. The molecule has 3 nitrogen and oxygen atoms in total. The molecule has 3 heterocycles. The quantitative estimate of drug-likeness (QED) is 0.165. The Bertz CT molecular complexity index is 2580. The Morgan fingerprint density at radius 2 is 1.11 bits per heavy atom. The van der Waals surface area contributed by atoms with Crippen LogP contribution in [-0.2, 0) is 27.1 Å². The van der Waals surface area contributed by atoms with Crippen LogP contribution in [0.5, 0.6) is 0 Å². The van der Waals surface area contributed by atoms with Crippen molar-refractivity contribution in [1.82, 2.24) is 0 Å². The monoisotopic (exact) mass is 738 g/mol. The molecule has 0 atom stereocenters. The maximum atomic E-state index is 7.34. The van der Waals surface area contributed by atoms with Crippen LogP contribution in [0.25, 0.3) is 11.0 Å². The molecule has 0 bridgehead atoms. The molecule has 9 rings (SSSR count). The van der Waals surface area contributed by atoms with Gasteiger partial charge in [0.15, 0.2) is 0 Å². The third-order valence-corrected chi connectivity index (χ3v) is 13.1. The van der Waals surface area contributed by atoms with E-state index in [1.54, 1.807) is 0 Å². The first kappa shape index (κ1) is 36.9. The predicted molar refractivity (Wildman–Crippen MR) is 242 cm³/mol. The Morgan fingerprint density at radius 1 is 0.554 bits per heavy atom. The van der Waals surface area contributed by atoms with E-state index in [9.17, 15) is 0 Å². The maximum absolute atomic E-state index is 7.34. The minimum atomic E-state index is -0.0791. The highest BCUT2D eigenvalue weighted by molar-refractivity contribution is 7.00. The molecule has 0 fully saturated rings. The van der Waals surface area contributed by atoms with E-state index < -0.39 is 0 Å². The number of benzene rings is 5. The highest BCUT2D eigenvalue weighted by atomic mass is 16.3. The summed E-state index contributed by atoms with van der Waals surface area (Å²) >= 11 is 0. The first-order valence-corrected chi connectivity index (χ1v) is 20.8. The summed E-state index contributed by atoms with van der Waals surface area (Å²) in [5, 5.41) is 1.16. The van der Waals surface area contributed by atoms with Crippen LogP contribution in [0, 0.1) is 6.92 Å². The van der Waals surface area contributed by atoms with Gasteiger partial charge in [-0.25, -0.2) is 0 Å². The van der Waals surface area contributed by atoms with Crippen molar-refractivity contribution in [2.24, 2.45) is 0 Å². The van der Waals surface area contributed by atoms with Gasteiger partial charge < -0.3 is 14.2 Å². The van der Waals surface area contributed by atoms with Crippen molar-refractivity contribution in [2.45, 2.75) is 130 Å². The molecular formula is C52H59BN2O. The SMILES string of the molecule is Cc1cc2c3c(c1)N(c1ccc4c(c1)C(C)(C)CC4(C)C)c1c(oc4cc(C(C)(C)C)ccc14)B3c1cc(C(C)(C)C)ccc1N2c1ccc(C(C)(C)C)cc1. The molecule has 5 aromatic carbocycles. The Kier molecular flexibility index (Phi) is 7.70. The maximum Gasteiger partial charge on any atom is 0.297 e. The molecule has 286 valence electrons. The topological polar surface area (TPSA) is 19.6 Å². The molecule has 0 unspecified atom stereocenters. The average molecular weight is 739 g/mol. The van der Waals surface area contributed by atoms with Gasteiger partial charge in [0.1, 0.15) is 5.58 Å². The molecule has 1 aromatic heterocycles. The molecule has 2 aliphatic heterocycles. The van der Waals surface area contributed by atoms with E-state index in [0.29, 0.717) is 0 Å². The first-order chi connectivity index (χ1) is 26.0. The van der Waals surface area contributed by atoms with E-state index in [1.165, 1.54) is 78.4 Å². The molecule has 1 aliphatic carbocycles. The molecule has 3 aliphatic rings. The van der Waals surface area contributed by atoms with Gasteiger partial charge in [0.2, 0.25) is 0 Å². The van der Waals surface area contributed by atoms with Gasteiger partial charge in [-0.2, -0.15) is 0 Å². The van der Waals surface area contributed by atoms with Gasteiger partial charge in [-0.3, -0.25) is 0 Å². The van der Waals surface area contributed by atoms with Crippen LogP contribution in [0.2, 0.25) is 0 Å². The standard InChI is InChI=1S/C52H59BN2O/c1-31-25-42-45-43(26-31)55(36-21-23-38-39(29-36)52(13,14)30-51(38,11)12)46-37-22-17-34(50(8,9)10)28-44(37)56-47(46)53(45)40-27-33(49(5,6)7)18-24-41(40)54(42)35-19-15-32(16-20-35)48(2,3)4/h15-29H,30H2,1-14H3. The van der Waals surface area contributed by atoms with Crippen molar-refractivity contribution in [3.8, 4) is 0 Å². The number of fused-ring (bicyclic) bond motifs is 7. The van der Waals surface area contributed by atoms with Crippen molar-refractivity contribution in [3.63, 3.8) is 0 Å². The minimum absolute atomic E-state index is 0.00508. The van der Waals surface area contributed by atoms with Crippen molar-refractivity contribution in [2.75, 3.05) is 9.80 Å². The van der Waals surface area contributed by atoms with E-state index >= 15 is 0 Å². The number of nitrogens with zero attached hydrogens (tertiary/aromatic N) is 2. The molecule has 0 radical (unpaired) electrons. The van der Waals surface area contributed by atoms with Gasteiger partial charge >= 0.3 is 0 Å². The van der Waals surface area contributed by atoms with Crippen LogP contribution < -0.4 is 26.4 Å². The molecule has 6 aromatic rings. The summed E-state index contributed by atoms with van der Waals surface area (Å²) < 4.78 is 7.34. The molecule has 0 saturated carbocycles. The van der Waals surface area contributed by atoms with Gasteiger partial charge in [-0.1, -0.05) is 126 Å². The van der Waals surface area contributed by atoms with Gasteiger partial charge in [-0.15, -0.1) is 0 Å². The summed E-state index contributed by atoms with van der Waals surface area (Å²) in [4.78, 5) is 5.08. The minimum Gasteiger partial charge on any atom is -0.468 e. The normalized spacial score (nSPS) is 16.9. The largest absolute Gasteiger partial charge is 0.468 e. The first-order valence-electron chi connectivity index (χ1n) is 20.8. The lowest BCUT2D eigenvalue weighted by Gasteiger charge is -2.43. The Hall–Kier alpha value is -4.70. The fourth-order valence-corrected chi connectivity index (χ4v) is 10.3. The number of anilines is 6. The second kappa shape index (κ2) is 11.7. The van der Waals surface area contributed by atoms with Gasteiger partial charge in [-0.05, 0) is 139 Å². The Labute approximate surface area is 336 Å². The highest BCUT2D eigenvalue weighted by Crippen LogP contribution is 2.53.